The molecular weight excluding hydrogens is 332 g/mol. The normalized spacial score (nSPS) is 27.9. The van der Waals surface area contributed by atoms with Crippen LogP contribution in [0.25, 0.3) is 0 Å². The van der Waals surface area contributed by atoms with E-state index in [1.807, 2.05) is 0 Å². The first kappa shape index (κ1) is 18.8. The van der Waals surface area contributed by atoms with E-state index in [9.17, 15) is 0 Å². The first-order chi connectivity index (χ1) is 12.9. The highest BCUT2D eigenvalue weighted by Crippen LogP contribution is 2.43. The third kappa shape index (κ3) is 3.25. The number of aromatic nitrogens is 4. The monoisotopic (exact) mass is 368 g/mol. The van der Waals surface area contributed by atoms with Crippen LogP contribution in [0.3, 0.4) is 0 Å². The average Bonchev–Trinajstić information content (AvgIpc) is 3.21. The maximum atomic E-state index is 5.02. The van der Waals surface area contributed by atoms with Crippen LogP contribution in [0.4, 0.5) is 0 Å². The van der Waals surface area contributed by atoms with Crippen molar-refractivity contribution in [3.63, 3.8) is 0 Å². The summed E-state index contributed by atoms with van der Waals surface area (Å²) in [5.41, 5.74) is 5.74. The molecule has 27 heavy (non-hydrogen) atoms. The Labute approximate surface area is 164 Å². The molecule has 148 valence electrons. The van der Waals surface area contributed by atoms with Crippen molar-refractivity contribution in [2.75, 3.05) is 0 Å². The Morgan fingerprint density at radius 3 is 2.22 bits per heavy atom. The molecule has 2 aliphatic carbocycles. The van der Waals surface area contributed by atoms with Crippen molar-refractivity contribution in [3.05, 3.63) is 34.9 Å². The molecular formula is C23H36N4. The zero-order chi connectivity index (χ0) is 19.3. The zero-order valence-corrected chi connectivity index (χ0v) is 17.9. The molecule has 2 heterocycles. The van der Waals surface area contributed by atoms with Gasteiger partial charge in [-0.25, -0.2) is 4.68 Å². The Balaban J connectivity index is 1.66. The third-order valence-corrected chi connectivity index (χ3v) is 7.17. The lowest BCUT2D eigenvalue weighted by molar-refractivity contribution is 0.387. The van der Waals surface area contributed by atoms with E-state index in [2.05, 4.69) is 63.3 Å². The molecule has 4 nitrogen and oxygen atoms in total. The van der Waals surface area contributed by atoms with Crippen molar-refractivity contribution in [1.29, 1.82) is 0 Å². The van der Waals surface area contributed by atoms with Gasteiger partial charge in [0, 0.05) is 17.8 Å². The number of hydrogen-bond donors (Lipinski definition) is 0. The molecule has 0 amide bonds. The van der Waals surface area contributed by atoms with E-state index in [-0.39, 0.29) is 0 Å². The van der Waals surface area contributed by atoms with Gasteiger partial charge < -0.3 is 0 Å². The standard InChI is InChI=1S/C23H36N4/c1-14(2)18-10-8-17(6)23-20(18)11-24-27(23)13-26-12-21-19(15(3)4)9-7-16(5)22(21)25-26/h11-12,14-19H,7-10,13H2,1-6H3/t16-,17-,18-,19-/m0/s1. The largest absolute Gasteiger partial charge is 0.251 e. The van der Waals surface area contributed by atoms with Gasteiger partial charge in [0.25, 0.3) is 0 Å². The molecule has 0 N–H and O–H groups in total. The van der Waals surface area contributed by atoms with Crippen LogP contribution < -0.4 is 0 Å². The zero-order valence-electron chi connectivity index (χ0n) is 17.9. The lowest BCUT2D eigenvalue weighted by Crippen LogP contribution is -2.21. The number of nitrogens with zero attached hydrogens (tertiary/aromatic N) is 4. The molecule has 0 saturated carbocycles. The van der Waals surface area contributed by atoms with Gasteiger partial charge in [0.15, 0.2) is 0 Å². The number of fused-ring (bicyclic) bond motifs is 2. The Hall–Kier alpha value is -1.58. The molecule has 2 aromatic heterocycles. The molecule has 0 unspecified atom stereocenters. The Morgan fingerprint density at radius 2 is 1.56 bits per heavy atom. The van der Waals surface area contributed by atoms with Gasteiger partial charge in [-0.2, -0.15) is 10.2 Å². The van der Waals surface area contributed by atoms with Gasteiger partial charge in [-0.1, -0.05) is 41.5 Å². The molecule has 0 saturated heterocycles. The Morgan fingerprint density at radius 1 is 0.926 bits per heavy atom. The average molecular weight is 369 g/mol. The van der Waals surface area contributed by atoms with Crippen molar-refractivity contribution in [2.24, 2.45) is 11.8 Å². The van der Waals surface area contributed by atoms with E-state index < -0.39 is 0 Å². The van der Waals surface area contributed by atoms with Gasteiger partial charge in [-0.05, 0) is 66.4 Å². The van der Waals surface area contributed by atoms with Crippen molar-refractivity contribution in [3.8, 4) is 0 Å². The van der Waals surface area contributed by atoms with E-state index in [1.165, 1.54) is 48.2 Å². The fraction of sp³-hybridized carbons (Fsp3) is 0.739. The fourth-order valence-corrected chi connectivity index (χ4v) is 5.51. The molecule has 0 spiro atoms. The molecule has 4 heteroatoms. The highest BCUT2D eigenvalue weighted by Gasteiger charge is 2.32. The van der Waals surface area contributed by atoms with Gasteiger partial charge in [0.05, 0.1) is 11.9 Å². The summed E-state index contributed by atoms with van der Waals surface area (Å²) in [6.07, 6.45) is 9.57. The quantitative estimate of drug-likeness (QED) is 0.677. The highest BCUT2D eigenvalue weighted by atomic mass is 15.4. The van der Waals surface area contributed by atoms with Gasteiger partial charge >= 0.3 is 0 Å². The Kier molecular flexibility index (Phi) is 4.94. The summed E-state index contributed by atoms with van der Waals surface area (Å²) in [4.78, 5) is 0. The summed E-state index contributed by atoms with van der Waals surface area (Å²) >= 11 is 0. The summed E-state index contributed by atoms with van der Waals surface area (Å²) in [6, 6.07) is 0. The maximum Gasteiger partial charge on any atom is 0.133 e. The van der Waals surface area contributed by atoms with Crippen LogP contribution in [-0.2, 0) is 6.67 Å². The summed E-state index contributed by atoms with van der Waals surface area (Å²) < 4.78 is 4.38. The van der Waals surface area contributed by atoms with Crippen LogP contribution in [0.1, 0.15) is 113 Å². The van der Waals surface area contributed by atoms with Crippen molar-refractivity contribution < 1.29 is 0 Å². The second kappa shape index (κ2) is 7.10. The highest BCUT2D eigenvalue weighted by molar-refractivity contribution is 5.30. The lowest BCUT2D eigenvalue weighted by atomic mass is 9.76. The molecule has 0 radical (unpaired) electrons. The summed E-state index contributed by atoms with van der Waals surface area (Å²) in [5.74, 6) is 3.83. The molecule has 0 aromatic carbocycles. The van der Waals surface area contributed by atoms with E-state index >= 15 is 0 Å². The molecule has 0 bridgehead atoms. The number of hydrogen-bond acceptors (Lipinski definition) is 2. The second-order valence-electron chi connectivity index (χ2n) is 9.79. The second-order valence-corrected chi connectivity index (χ2v) is 9.79. The fourth-order valence-electron chi connectivity index (χ4n) is 5.51. The number of rotatable bonds is 4. The predicted molar refractivity (Wildman–Crippen MR) is 110 cm³/mol. The maximum absolute atomic E-state index is 5.02. The SMILES string of the molecule is CC(C)[C@@H]1CC[C@H](C)c2nn(Cn3ncc4c3[C@@H](C)CC[C@H]4C(C)C)cc21. The first-order valence-electron chi connectivity index (χ1n) is 11.0. The minimum Gasteiger partial charge on any atom is -0.251 e. The first-order valence-corrected chi connectivity index (χ1v) is 11.0. The van der Waals surface area contributed by atoms with Gasteiger partial charge in [0.1, 0.15) is 6.67 Å². The molecule has 4 atom stereocenters. The molecule has 2 aromatic rings. The summed E-state index contributed by atoms with van der Waals surface area (Å²) in [5, 5.41) is 9.83. The van der Waals surface area contributed by atoms with Crippen LogP contribution in [0.15, 0.2) is 12.4 Å². The minimum absolute atomic E-state index is 0.576. The Bertz CT molecular complexity index is 797. The molecule has 2 aliphatic rings. The van der Waals surface area contributed by atoms with Gasteiger partial charge in [0.2, 0.25) is 0 Å². The smallest absolute Gasteiger partial charge is 0.133 e. The molecule has 0 aliphatic heterocycles. The van der Waals surface area contributed by atoms with E-state index in [1.54, 1.807) is 0 Å². The summed E-state index contributed by atoms with van der Waals surface area (Å²) in [7, 11) is 0. The molecule has 0 fully saturated rings. The van der Waals surface area contributed by atoms with Crippen LogP contribution in [0.2, 0.25) is 0 Å². The molecule has 4 rings (SSSR count). The topological polar surface area (TPSA) is 35.6 Å². The third-order valence-electron chi connectivity index (χ3n) is 7.17. The van der Waals surface area contributed by atoms with Crippen LogP contribution in [0.5, 0.6) is 0 Å². The van der Waals surface area contributed by atoms with Crippen LogP contribution >= 0.6 is 0 Å². The summed E-state index contributed by atoms with van der Waals surface area (Å²) in [6.45, 7) is 14.8. The van der Waals surface area contributed by atoms with Gasteiger partial charge in [-0.3, -0.25) is 4.68 Å². The van der Waals surface area contributed by atoms with Crippen LogP contribution in [-0.4, -0.2) is 19.6 Å². The van der Waals surface area contributed by atoms with Gasteiger partial charge in [-0.15, -0.1) is 0 Å². The predicted octanol–water partition coefficient (Wildman–Crippen LogP) is 5.86. The van der Waals surface area contributed by atoms with Crippen LogP contribution in [0, 0.1) is 11.8 Å². The van der Waals surface area contributed by atoms with Crippen molar-refractivity contribution >= 4 is 0 Å². The minimum atomic E-state index is 0.576. The van der Waals surface area contributed by atoms with E-state index in [0.29, 0.717) is 35.5 Å². The van der Waals surface area contributed by atoms with Crippen molar-refractivity contribution in [1.82, 2.24) is 19.6 Å². The van der Waals surface area contributed by atoms with E-state index in [4.69, 9.17) is 10.2 Å². The lowest BCUT2D eigenvalue weighted by Gasteiger charge is -2.30. The van der Waals surface area contributed by atoms with Crippen molar-refractivity contribution in [2.45, 2.75) is 97.6 Å². The van der Waals surface area contributed by atoms with E-state index in [0.717, 1.165) is 6.67 Å².